The third-order valence-electron chi connectivity index (χ3n) is 10.9. The summed E-state index contributed by atoms with van der Waals surface area (Å²) in [6.07, 6.45) is 0. The summed E-state index contributed by atoms with van der Waals surface area (Å²) in [6.45, 7) is 13.5. The zero-order valence-corrected chi connectivity index (χ0v) is 31.6. The average molecular weight is 699 g/mol. The van der Waals surface area contributed by atoms with E-state index in [1.807, 2.05) is 18.2 Å². The van der Waals surface area contributed by atoms with Crippen molar-refractivity contribution in [1.29, 1.82) is 5.26 Å². The predicted octanol–water partition coefficient (Wildman–Crippen LogP) is 13.1. The normalized spacial score (nSPS) is 12.2. The molecular weight excluding hydrogens is 657 g/mol. The smallest absolute Gasteiger partial charge is 0.104 e. The predicted molar refractivity (Wildman–Crippen MR) is 226 cm³/mol. The van der Waals surface area contributed by atoms with Crippen LogP contribution in [0.2, 0.25) is 0 Å². The maximum absolute atomic E-state index is 11.4. The Morgan fingerprint density at radius 1 is 0.444 bits per heavy atom. The molecule has 262 valence electrons. The van der Waals surface area contributed by atoms with E-state index in [1.165, 1.54) is 11.1 Å². The molecule has 0 saturated heterocycles. The van der Waals surface area contributed by atoms with E-state index >= 15 is 0 Å². The maximum Gasteiger partial charge on any atom is 0.104 e. The molecule has 0 atom stereocenters. The fraction of sp³-hybridized carbons (Fsp3) is 0.160. The van der Waals surface area contributed by atoms with Gasteiger partial charge in [-0.1, -0.05) is 139 Å². The lowest BCUT2D eigenvalue weighted by atomic mass is 9.86. The van der Waals surface area contributed by atoms with E-state index in [4.69, 9.17) is 4.98 Å². The van der Waals surface area contributed by atoms with Crippen molar-refractivity contribution < 1.29 is 0 Å². The van der Waals surface area contributed by atoms with Gasteiger partial charge in [-0.15, -0.1) is 0 Å². The molecule has 0 N–H and O–H groups in total. The first kappa shape index (κ1) is 33.4. The van der Waals surface area contributed by atoms with Crippen molar-refractivity contribution in [3.63, 3.8) is 0 Å². The molecule has 0 bridgehead atoms. The van der Waals surface area contributed by atoms with E-state index in [9.17, 15) is 5.26 Å². The Kier molecular flexibility index (Phi) is 7.62. The molecule has 0 saturated carbocycles. The maximum atomic E-state index is 11.4. The summed E-state index contributed by atoms with van der Waals surface area (Å²) in [5.41, 5.74) is 12.6. The SMILES string of the molecule is CC(C)(C)c1ccc2c3ccccc3n(-c3cc(-c4cccc(-c5ccccc5)n4)cc(-n4c5ccccc5c5ccc(C(C)(C)C)cc54)c3C#N)c2c1. The van der Waals surface area contributed by atoms with Crippen molar-refractivity contribution in [3.8, 4) is 40.0 Å². The van der Waals surface area contributed by atoms with Gasteiger partial charge in [0.05, 0.1) is 44.8 Å². The third-order valence-corrected chi connectivity index (χ3v) is 10.9. The van der Waals surface area contributed by atoms with Gasteiger partial charge in [-0.05, 0) is 70.5 Å². The summed E-state index contributed by atoms with van der Waals surface area (Å²) >= 11 is 0. The van der Waals surface area contributed by atoms with Crippen molar-refractivity contribution in [3.05, 3.63) is 162 Å². The number of hydrogen-bond acceptors (Lipinski definition) is 2. The molecule has 3 aromatic heterocycles. The van der Waals surface area contributed by atoms with Crippen LogP contribution in [-0.2, 0) is 10.8 Å². The number of pyridine rings is 1. The van der Waals surface area contributed by atoms with E-state index < -0.39 is 0 Å². The second-order valence-electron chi connectivity index (χ2n) is 16.4. The summed E-state index contributed by atoms with van der Waals surface area (Å²) in [4.78, 5) is 5.25. The van der Waals surface area contributed by atoms with Crippen LogP contribution in [0.4, 0.5) is 0 Å². The highest BCUT2D eigenvalue weighted by Crippen LogP contribution is 2.42. The zero-order chi connectivity index (χ0) is 37.4. The molecule has 0 unspecified atom stereocenters. The molecule has 0 aliphatic heterocycles. The van der Waals surface area contributed by atoms with Crippen LogP contribution in [-0.4, -0.2) is 14.1 Å². The van der Waals surface area contributed by atoms with Crippen LogP contribution in [0, 0.1) is 11.3 Å². The molecule has 4 nitrogen and oxygen atoms in total. The minimum Gasteiger partial charge on any atom is -0.308 e. The summed E-state index contributed by atoms with van der Waals surface area (Å²) in [5, 5.41) is 16.0. The Bertz CT molecular complexity index is 2800. The number of nitriles is 1. The minimum absolute atomic E-state index is 0.0595. The molecule has 54 heavy (non-hydrogen) atoms. The van der Waals surface area contributed by atoms with Crippen LogP contribution in [0.5, 0.6) is 0 Å². The number of hydrogen-bond donors (Lipinski definition) is 0. The number of benzene rings is 6. The highest BCUT2D eigenvalue weighted by atomic mass is 15.0. The summed E-state index contributed by atoms with van der Waals surface area (Å²) in [5.74, 6) is 0. The highest BCUT2D eigenvalue weighted by molar-refractivity contribution is 6.11. The van der Waals surface area contributed by atoms with Crippen molar-refractivity contribution >= 4 is 43.6 Å². The van der Waals surface area contributed by atoms with Gasteiger partial charge in [0, 0.05) is 32.7 Å². The third kappa shape index (κ3) is 5.39. The second kappa shape index (κ2) is 12.3. The minimum atomic E-state index is -0.0595. The lowest BCUT2D eigenvalue weighted by Crippen LogP contribution is -2.11. The molecule has 3 heterocycles. The largest absolute Gasteiger partial charge is 0.308 e. The van der Waals surface area contributed by atoms with Gasteiger partial charge in [0.15, 0.2) is 0 Å². The van der Waals surface area contributed by atoms with E-state index in [1.54, 1.807) is 0 Å². The number of aromatic nitrogens is 3. The van der Waals surface area contributed by atoms with Gasteiger partial charge in [0.2, 0.25) is 0 Å². The van der Waals surface area contributed by atoms with Crippen LogP contribution < -0.4 is 0 Å². The lowest BCUT2D eigenvalue weighted by Gasteiger charge is -2.21. The lowest BCUT2D eigenvalue weighted by molar-refractivity contribution is 0.590. The number of fused-ring (bicyclic) bond motifs is 6. The Balaban J connectivity index is 1.44. The quantitative estimate of drug-likeness (QED) is 0.184. The van der Waals surface area contributed by atoms with E-state index in [-0.39, 0.29) is 10.8 Å². The fourth-order valence-electron chi connectivity index (χ4n) is 7.99. The van der Waals surface area contributed by atoms with Gasteiger partial charge in [0.25, 0.3) is 0 Å². The molecular formula is C50H42N4. The van der Waals surface area contributed by atoms with Gasteiger partial charge in [-0.25, -0.2) is 4.98 Å². The number of nitrogens with zero attached hydrogens (tertiary/aromatic N) is 4. The van der Waals surface area contributed by atoms with E-state index in [0.717, 1.165) is 77.5 Å². The van der Waals surface area contributed by atoms with E-state index in [0.29, 0.717) is 5.56 Å². The van der Waals surface area contributed by atoms with Crippen LogP contribution in [0.3, 0.4) is 0 Å². The zero-order valence-electron chi connectivity index (χ0n) is 31.6. The first-order valence-corrected chi connectivity index (χ1v) is 18.7. The molecule has 9 rings (SSSR count). The first-order valence-electron chi connectivity index (χ1n) is 18.7. The Hall–Kier alpha value is -6.44. The Morgan fingerprint density at radius 2 is 0.889 bits per heavy atom. The molecule has 6 aromatic carbocycles. The van der Waals surface area contributed by atoms with E-state index in [2.05, 4.69) is 184 Å². The summed E-state index contributed by atoms with van der Waals surface area (Å²) < 4.78 is 4.61. The average Bonchev–Trinajstić information content (AvgIpc) is 3.69. The Labute approximate surface area is 316 Å². The number of para-hydroxylation sites is 2. The molecule has 0 aliphatic carbocycles. The monoisotopic (exact) mass is 698 g/mol. The van der Waals surface area contributed by atoms with Gasteiger partial charge in [-0.3, -0.25) is 0 Å². The molecule has 0 radical (unpaired) electrons. The van der Waals surface area contributed by atoms with Crippen LogP contribution in [0.15, 0.2) is 146 Å². The van der Waals surface area contributed by atoms with Crippen LogP contribution in [0.25, 0.3) is 77.5 Å². The fourth-order valence-corrected chi connectivity index (χ4v) is 7.99. The van der Waals surface area contributed by atoms with Gasteiger partial charge >= 0.3 is 0 Å². The van der Waals surface area contributed by atoms with Crippen molar-refractivity contribution in [1.82, 2.24) is 14.1 Å². The molecule has 0 fully saturated rings. The van der Waals surface area contributed by atoms with Gasteiger partial charge in [0.1, 0.15) is 11.6 Å². The van der Waals surface area contributed by atoms with Crippen molar-refractivity contribution in [2.45, 2.75) is 52.4 Å². The molecule has 4 heteroatoms. The molecule has 0 aliphatic rings. The molecule has 0 spiro atoms. The topological polar surface area (TPSA) is 46.5 Å². The van der Waals surface area contributed by atoms with Crippen molar-refractivity contribution in [2.24, 2.45) is 0 Å². The molecule has 9 aromatic rings. The van der Waals surface area contributed by atoms with Crippen molar-refractivity contribution in [2.75, 3.05) is 0 Å². The Morgan fingerprint density at radius 3 is 1.37 bits per heavy atom. The number of rotatable bonds is 4. The van der Waals surface area contributed by atoms with Gasteiger partial charge < -0.3 is 9.13 Å². The standard InChI is InChI=1S/C50H42N4/c1-49(2,3)34-23-25-38-36-17-10-12-21-43(36)53(47(38)29-34)45-27-33(42-20-14-19-41(52-42)32-15-8-7-9-16-32)28-46(40(45)31-51)54-44-22-13-11-18-37(44)39-26-24-35(30-48(39)54)50(4,5)6/h7-30H,1-6H3. The van der Waals surface area contributed by atoms with Crippen LogP contribution >= 0.6 is 0 Å². The van der Waals surface area contributed by atoms with Gasteiger partial charge in [-0.2, -0.15) is 5.26 Å². The molecule has 0 amide bonds. The second-order valence-corrected chi connectivity index (χ2v) is 16.4. The highest BCUT2D eigenvalue weighted by Gasteiger charge is 2.25. The summed E-state index contributed by atoms with van der Waals surface area (Å²) in [6, 6.07) is 54.3. The van der Waals surface area contributed by atoms with Crippen LogP contribution in [0.1, 0.15) is 58.2 Å². The summed E-state index contributed by atoms with van der Waals surface area (Å²) in [7, 11) is 0. The first-order chi connectivity index (χ1) is 26.0.